The van der Waals surface area contributed by atoms with Crippen molar-refractivity contribution in [3.05, 3.63) is 29.3 Å². The summed E-state index contributed by atoms with van der Waals surface area (Å²) in [6.45, 7) is 7.00. The monoisotopic (exact) mass is 278 g/mol. The van der Waals surface area contributed by atoms with Crippen LogP contribution >= 0.6 is 0 Å². The summed E-state index contributed by atoms with van der Waals surface area (Å²) in [6, 6.07) is 5.07. The molecule has 0 aliphatic rings. The van der Waals surface area contributed by atoms with E-state index in [1.165, 1.54) is 0 Å². The summed E-state index contributed by atoms with van der Waals surface area (Å²) < 4.78 is 5.37. The van der Waals surface area contributed by atoms with E-state index >= 15 is 0 Å². The number of urea groups is 1. The first-order chi connectivity index (χ1) is 9.60. The average molecular weight is 278 g/mol. The van der Waals surface area contributed by atoms with Crippen LogP contribution in [-0.2, 0) is 6.54 Å². The van der Waals surface area contributed by atoms with Crippen LogP contribution in [0.1, 0.15) is 25.0 Å². The van der Waals surface area contributed by atoms with E-state index in [1.54, 1.807) is 13.3 Å². The normalized spacial score (nSPS) is 11.0. The first-order valence-electron chi connectivity index (χ1n) is 6.58. The third-order valence-corrected chi connectivity index (χ3v) is 2.98. The van der Waals surface area contributed by atoms with Crippen molar-refractivity contribution in [3.8, 4) is 5.75 Å². The number of rotatable bonds is 7. The zero-order valence-corrected chi connectivity index (χ0v) is 12.2. The van der Waals surface area contributed by atoms with Crippen LogP contribution in [0.4, 0.5) is 4.79 Å². The molecule has 1 aromatic rings. The van der Waals surface area contributed by atoms with Gasteiger partial charge in [-0.2, -0.15) is 5.10 Å². The summed E-state index contributed by atoms with van der Waals surface area (Å²) in [5, 5.41) is 3.75. The predicted octanol–water partition coefficient (Wildman–Crippen LogP) is 1.54. The number of hydrazone groups is 1. The maximum atomic E-state index is 10.6. The summed E-state index contributed by atoms with van der Waals surface area (Å²) in [5.41, 5.74) is 9.07. The molecule has 0 aliphatic carbocycles. The fourth-order valence-corrected chi connectivity index (χ4v) is 1.86. The van der Waals surface area contributed by atoms with Crippen LogP contribution in [0.25, 0.3) is 0 Å². The second-order valence-electron chi connectivity index (χ2n) is 4.27. The fourth-order valence-electron chi connectivity index (χ4n) is 1.86. The zero-order chi connectivity index (χ0) is 15.0. The number of benzene rings is 1. The molecule has 0 heterocycles. The maximum Gasteiger partial charge on any atom is 0.332 e. The first kappa shape index (κ1) is 16.0. The van der Waals surface area contributed by atoms with Gasteiger partial charge in [-0.1, -0.05) is 13.8 Å². The summed E-state index contributed by atoms with van der Waals surface area (Å²) in [5.74, 6) is 0.844. The van der Waals surface area contributed by atoms with E-state index in [1.807, 2.05) is 18.2 Å². The number of hydrogen-bond acceptors (Lipinski definition) is 4. The number of nitrogens with zero attached hydrogens (tertiary/aromatic N) is 2. The molecule has 110 valence electrons. The van der Waals surface area contributed by atoms with Gasteiger partial charge >= 0.3 is 6.03 Å². The standard InChI is InChI=1S/C14H22N4O2/c1-4-18(5-2)10-12-8-11(6-7-13(12)20-3)9-16-17-14(15)19/h6-9H,4-5,10H2,1-3H3,(H3,15,17,19). The number of carbonyl (C=O) groups is 1. The minimum Gasteiger partial charge on any atom is -0.496 e. The lowest BCUT2D eigenvalue weighted by Crippen LogP contribution is -2.24. The van der Waals surface area contributed by atoms with E-state index in [0.717, 1.165) is 36.5 Å². The van der Waals surface area contributed by atoms with Crippen LogP contribution in [0.15, 0.2) is 23.3 Å². The van der Waals surface area contributed by atoms with Gasteiger partial charge in [0, 0.05) is 12.1 Å². The van der Waals surface area contributed by atoms with Gasteiger partial charge in [0.2, 0.25) is 0 Å². The van der Waals surface area contributed by atoms with Crippen molar-refractivity contribution in [2.75, 3.05) is 20.2 Å². The number of nitrogens with one attached hydrogen (secondary N) is 1. The third-order valence-electron chi connectivity index (χ3n) is 2.98. The molecule has 0 saturated heterocycles. The molecule has 0 aliphatic heterocycles. The Bertz CT molecular complexity index is 470. The van der Waals surface area contributed by atoms with Gasteiger partial charge < -0.3 is 10.5 Å². The van der Waals surface area contributed by atoms with Crippen LogP contribution in [0, 0.1) is 0 Å². The Hall–Kier alpha value is -2.08. The molecule has 0 spiro atoms. The molecule has 2 amide bonds. The highest BCUT2D eigenvalue weighted by Crippen LogP contribution is 2.21. The number of amides is 2. The van der Waals surface area contributed by atoms with Crippen molar-refractivity contribution in [1.29, 1.82) is 0 Å². The fraction of sp³-hybridized carbons (Fsp3) is 0.429. The molecule has 0 bridgehead atoms. The Morgan fingerprint density at radius 1 is 1.45 bits per heavy atom. The smallest absolute Gasteiger partial charge is 0.332 e. The third kappa shape index (κ3) is 4.89. The predicted molar refractivity (Wildman–Crippen MR) is 79.9 cm³/mol. The number of carbonyl (C=O) groups excluding carboxylic acids is 1. The lowest BCUT2D eigenvalue weighted by Gasteiger charge is -2.19. The number of hydrogen-bond donors (Lipinski definition) is 2. The Labute approximate surface area is 119 Å². The maximum absolute atomic E-state index is 10.6. The SMILES string of the molecule is CCN(CC)Cc1cc(C=NNC(N)=O)ccc1OC. The number of methoxy groups -OCH3 is 1. The topological polar surface area (TPSA) is 80.0 Å². The van der Waals surface area contributed by atoms with Crippen molar-refractivity contribution in [3.63, 3.8) is 0 Å². The highest BCUT2D eigenvalue weighted by atomic mass is 16.5. The molecule has 1 rings (SSSR count). The summed E-state index contributed by atoms with van der Waals surface area (Å²) >= 11 is 0. The molecular weight excluding hydrogens is 256 g/mol. The van der Waals surface area contributed by atoms with E-state index in [-0.39, 0.29) is 0 Å². The van der Waals surface area contributed by atoms with Crippen LogP contribution in [0.5, 0.6) is 5.75 Å². The van der Waals surface area contributed by atoms with Gasteiger partial charge in [-0.25, -0.2) is 10.2 Å². The van der Waals surface area contributed by atoms with Gasteiger partial charge in [-0.05, 0) is 36.9 Å². The van der Waals surface area contributed by atoms with Gasteiger partial charge in [-0.3, -0.25) is 4.90 Å². The minimum absolute atomic E-state index is 0.682. The van der Waals surface area contributed by atoms with Gasteiger partial charge in [0.05, 0.1) is 13.3 Å². The number of primary amides is 1. The quantitative estimate of drug-likeness (QED) is 0.586. The van der Waals surface area contributed by atoms with Gasteiger partial charge in [0.25, 0.3) is 0 Å². The average Bonchev–Trinajstić information content (AvgIpc) is 2.44. The summed E-state index contributed by atoms with van der Waals surface area (Å²) in [4.78, 5) is 12.8. The van der Waals surface area contributed by atoms with Crippen molar-refractivity contribution >= 4 is 12.2 Å². The highest BCUT2D eigenvalue weighted by molar-refractivity contribution is 5.82. The van der Waals surface area contributed by atoms with E-state index in [9.17, 15) is 4.79 Å². The summed E-state index contributed by atoms with van der Waals surface area (Å²) in [6.07, 6.45) is 1.55. The Kier molecular flexibility index (Phi) is 6.52. The molecule has 20 heavy (non-hydrogen) atoms. The molecule has 0 radical (unpaired) electrons. The largest absolute Gasteiger partial charge is 0.496 e. The van der Waals surface area contributed by atoms with Crippen LogP contribution in [0.2, 0.25) is 0 Å². The Balaban J connectivity index is 2.90. The molecule has 0 saturated carbocycles. The second kappa shape index (κ2) is 8.16. The first-order valence-corrected chi connectivity index (χ1v) is 6.58. The van der Waals surface area contributed by atoms with E-state index in [0.29, 0.717) is 0 Å². The molecule has 6 nitrogen and oxygen atoms in total. The second-order valence-corrected chi connectivity index (χ2v) is 4.27. The van der Waals surface area contributed by atoms with Crippen LogP contribution in [0.3, 0.4) is 0 Å². The Morgan fingerprint density at radius 2 is 2.15 bits per heavy atom. The van der Waals surface area contributed by atoms with E-state index < -0.39 is 6.03 Å². The lowest BCUT2D eigenvalue weighted by atomic mass is 10.1. The lowest BCUT2D eigenvalue weighted by molar-refractivity contribution is 0.249. The molecule has 0 aromatic heterocycles. The minimum atomic E-state index is -0.682. The number of nitrogens with two attached hydrogens (primary N) is 1. The molecule has 0 unspecified atom stereocenters. The highest BCUT2D eigenvalue weighted by Gasteiger charge is 2.07. The van der Waals surface area contributed by atoms with E-state index in [4.69, 9.17) is 10.5 Å². The molecule has 0 atom stereocenters. The van der Waals surface area contributed by atoms with Crippen LogP contribution in [-0.4, -0.2) is 37.3 Å². The van der Waals surface area contributed by atoms with Gasteiger partial charge in [0.1, 0.15) is 5.75 Å². The summed E-state index contributed by atoms with van der Waals surface area (Å²) in [7, 11) is 1.66. The van der Waals surface area contributed by atoms with Crippen molar-refractivity contribution in [2.45, 2.75) is 20.4 Å². The van der Waals surface area contributed by atoms with Gasteiger partial charge in [-0.15, -0.1) is 0 Å². The number of ether oxygens (including phenoxy) is 1. The molecular formula is C14H22N4O2. The van der Waals surface area contributed by atoms with Crippen LogP contribution < -0.4 is 15.9 Å². The molecule has 3 N–H and O–H groups in total. The van der Waals surface area contributed by atoms with E-state index in [2.05, 4.69) is 29.3 Å². The molecule has 1 aromatic carbocycles. The van der Waals surface area contributed by atoms with Crippen molar-refractivity contribution in [2.24, 2.45) is 10.8 Å². The molecule has 6 heteroatoms. The van der Waals surface area contributed by atoms with Gasteiger partial charge in [0.15, 0.2) is 0 Å². The molecule has 0 fully saturated rings. The Morgan fingerprint density at radius 3 is 2.70 bits per heavy atom. The van der Waals surface area contributed by atoms with Crippen molar-refractivity contribution < 1.29 is 9.53 Å². The van der Waals surface area contributed by atoms with Crippen molar-refractivity contribution in [1.82, 2.24) is 10.3 Å². The zero-order valence-electron chi connectivity index (χ0n) is 12.2.